The number of hydrogen-bond donors (Lipinski definition) is 1. The van der Waals surface area contributed by atoms with E-state index in [1.54, 1.807) is 11.3 Å². The Morgan fingerprint density at radius 3 is 2.69 bits per heavy atom. The third-order valence-electron chi connectivity index (χ3n) is 2.26. The summed E-state index contributed by atoms with van der Waals surface area (Å²) in [6, 6.07) is 10.8. The Morgan fingerprint density at radius 2 is 2.00 bits per heavy atom. The Bertz CT molecular complexity index is 434. The maximum absolute atomic E-state index is 4.61. The standard InChI is InChI=1S/C13H16N2S/c1-10(2)14-8-12-9-16-13(15-12)11-6-4-3-5-7-11/h3-7,9-10,14H,8H2,1-2H3. The molecule has 1 aromatic carbocycles. The van der Waals surface area contributed by atoms with Gasteiger partial charge in [-0.25, -0.2) is 4.98 Å². The van der Waals surface area contributed by atoms with Gasteiger partial charge in [-0.3, -0.25) is 0 Å². The van der Waals surface area contributed by atoms with Crippen molar-refractivity contribution in [3.05, 3.63) is 41.4 Å². The van der Waals surface area contributed by atoms with E-state index in [-0.39, 0.29) is 0 Å². The molecule has 84 valence electrons. The third-order valence-corrected chi connectivity index (χ3v) is 3.20. The molecular weight excluding hydrogens is 216 g/mol. The van der Waals surface area contributed by atoms with E-state index >= 15 is 0 Å². The first-order chi connectivity index (χ1) is 7.75. The zero-order valence-electron chi connectivity index (χ0n) is 9.60. The first-order valence-electron chi connectivity index (χ1n) is 5.49. The number of nitrogens with one attached hydrogen (secondary N) is 1. The van der Waals surface area contributed by atoms with Crippen molar-refractivity contribution in [2.75, 3.05) is 0 Å². The Kier molecular flexibility index (Phi) is 3.70. The summed E-state index contributed by atoms with van der Waals surface area (Å²) in [5.41, 5.74) is 2.32. The molecule has 0 spiro atoms. The summed E-state index contributed by atoms with van der Waals surface area (Å²) in [6.07, 6.45) is 0. The second kappa shape index (κ2) is 5.23. The van der Waals surface area contributed by atoms with Gasteiger partial charge in [0.1, 0.15) is 5.01 Å². The molecule has 0 saturated heterocycles. The lowest BCUT2D eigenvalue weighted by atomic mass is 10.2. The molecule has 0 aliphatic carbocycles. The van der Waals surface area contributed by atoms with Crippen molar-refractivity contribution in [2.45, 2.75) is 26.4 Å². The SMILES string of the molecule is CC(C)NCc1csc(-c2ccccc2)n1. The summed E-state index contributed by atoms with van der Waals surface area (Å²) >= 11 is 1.70. The predicted octanol–water partition coefficient (Wildman–Crippen LogP) is 3.31. The molecule has 0 saturated carbocycles. The zero-order valence-corrected chi connectivity index (χ0v) is 10.4. The van der Waals surface area contributed by atoms with E-state index in [9.17, 15) is 0 Å². The quantitative estimate of drug-likeness (QED) is 0.874. The molecule has 2 nitrogen and oxygen atoms in total. The van der Waals surface area contributed by atoms with Crippen LogP contribution in [-0.4, -0.2) is 11.0 Å². The van der Waals surface area contributed by atoms with E-state index in [0.29, 0.717) is 6.04 Å². The average molecular weight is 232 g/mol. The van der Waals surface area contributed by atoms with Gasteiger partial charge >= 0.3 is 0 Å². The highest BCUT2D eigenvalue weighted by atomic mass is 32.1. The van der Waals surface area contributed by atoms with Gasteiger partial charge in [0.05, 0.1) is 5.69 Å². The molecule has 1 N–H and O–H groups in total. The minimum atomic E-state index is 0.502. The van der Waals surface area contributed by atoms with Crippen LogP contribution in [0.1, 0.15) is 19.5 Å². The summed E-state index contributed by atoms with van der Waals surface area (Å²) in [5, 5.41) is 6.59. The van der Waals surface area contributed by atoms with Crippen molar-refractivity contribution in [3.63, 3.8) is 0 Å². The minimum absolute atomic E-state index is 0.502. The van der Waals surface area contributed by atoms with Crippen molar-refractivity contribution < 1.29 is 0 Å². The van der Waals surface area contributed by atoms with Gasteiger partial charge in [-0.05, 0) is 0 Å². The van der Waals surface area contributed by atoms with E-state index < -0.39 is 0 Å². The summed E-state index contributed by atoms with van der Waals surface area (Å²) in [6.45, 7) is 5.13. The normalized spacial score (nSPS) is 10.9. The van der Waals surface area contributed by atoms with E-state index in [1.165, 1.54) is 5.56 Å². The molecule has 0 unspecified atom stereocenters. The van der Waals surface area contributed by atoms with Gasteiger partial charge in [0.2, 0.25) is 0 Å². The van der Waals surface area contributed by atoms with Crippen molar-refractivity contribution >= 4 is 11.3 Å². The fourth-order valence-corrected chi connectivity index (χ4v) is 2.24. The maximum Gasteiger partial charge on any atom is 0.123 e. The van der Waals surface area contributed by atoms with Gasteiger partial charge in [0.25, 0.3) is 0 Å². The molecule has 1 aromatic heterocycles. The molecule has 2 rings (SSSR count). The number of aromatic nitrogens is 1. The molecule has 0 radical (unpaired) electrons. The van der Waals surface area contributed by atoms with Gasteiger partial charge in [0, 0.05) is 23.5 Å². The topological polar surface area (TPSA) is 24.9 Å². The Morgan fingerprint density at radius 1 is 1.25 bits per heavy atom. The van der Waals surface area contributed by atoms with Gasteiger partial charge < -0.3 is 5.32 Å². The van der Waals surface area contributed by atoms with Crippen LogP contribution >= 0.6 is 11.3 Å². The second-order valence-corrected chi connectivity index (χ2v) is 4.90. The monoisotopic (exact) mass is 232 g/mol. The Labute approximate surface area is 100 Å². The smallest absolute Gasteiger partial charge is 0.123 e. The molecule has 2 aromatic rings. The van der Waals surface area contributed by atoms with Crippen LogP contribution in [0.25, 0.3) is 10.6 Å². The molecule has 0 fully saturated rings. The number of nitrogens with zero attached hydrogens (tertiary/aromatic N) is 1. The number of hydrogen-bond acceptors (Lipinski definition) is 3. The molecule has 0 bridgehead atoms. The maximum atomic E-state index is 4.61. The van der Waals surface area contributed by atoms with E-state index in [2.05, 4.69) is 41.7 Å². The van der Waals surface area contributed by atoms with Crippen LogP contribution in [0.2, 0.25) is 0 Å². The van der Waals surface area contributed by atoms with Crippen molar-refractivity contribution in [1.29, 1.82) is 0 Å². The highest BCUT2D eigenvalue weighted by Crippen LogP contribution is 2.23. The third kappa shape index (κ3) is 2.90. The van der Waals surface area contributed by atoms with Gasteiger partial charge in [0.15, 0.2) is 0 Å². The number of benzene rings is 1. The summed E-state index contributed by atoms with van der Waals surface area (Å²) in [5.74, 6) is 0. The lowest BCUT2D eigenvalue weighted by Gasteiger charge is -2.04. The summed E-state index contributed by atoms with van der Waals surface area (Å²) in [4.78, 5) is 4.61. The highest BCUT2D eigenvalue weighted by molar-refractivity contribution is 7.13. The summed E-state index contributed by atoms with van der Waals surface area (Å²) in [7, 11) is 0. The van der Waals surface area contributed by atoms with Crippen LogP contribution < -0.4 is 5.32 Å². The molecule has 1 heterocycles. The van der Waals surface area contributed by atoms with Crippen LogP contribution in [-0.2, 0) is 6.54 Å². The van der Waals surface area contributed by atoms with E-state index in [1.807, 2.05) is 18.2 Å². The van der Waals surface area contributed by atoms with Crippen LogP contribution in [0.15, 0.2) is 35.7 Å². The number of rotatable bonds is 4. The first kappa shape index (κ1) is 11.3. The van der Waals surface area contributed by atoms with Crippen LogP contribution in [0, 0.1) is 0 Å². The molecule has 0 aliphatic rings. The fraction of sp³-hybridized carbons (Fsp3) is 0.308. The molecule has 16 heavy (non-hydrogen) atoms. The van der Waals surface area contributed by atoms with Gasteiger partial charge in [-0.1, -0.05) is 44.2 Å². The van der Waals surface area contributed by atoms with E-state index in [0.717, 1.165) is 17.2 Å². The second-order valence-electron chi connectivity index (χ2n) is 4.05. The van der Waals surface area contributed by atoms with Crippen molar-refractivity contribution in [3.8, 4) is 10.6 Å². The Hall–Kier alpha value is -1.19. The van der Waals surface area contributed by atoms with Gasteiger partial charge in [-0.15, -0.1) is 11.3 Å². The number of thiazole rings is 1. The minimum Gasteiger partial charge on any atom is -0.309 e. The van der Waals surface area contributed by atoms with Crippen LogP contribution in [0.5, 0.6) is 0 Å². The highest BCUT2D eigenvalue weighted by Gasteiger charge is 2.04. The fourth-order valence-electron chi connectivity index (χ4n) is 1.41. The largest absolute Gasteiger partial charge is 0.309 e. The van der Waals surface area contributed by atoms with Crippen LogP contribution in [0.3, 0.4) is 0 Å². The molecular formula is C13H16N2S. The van der Waals surface area contributed by atoms with Crippen molar-refractivity contribution in [1.82, 2.24) is 10.3 Å². The van der Waals surface area contributed by atoms with Crippen molar-refractivity contribution in [2.24, 2.45) is 0 Å². The molecule has 0 atom stereocenters. The lowest BCUT2D eigenvalue weighted by Crippen LogP contribution is -2.21. The average Bonchev–Trinajstić information content (AvgIpc) is 2.76. The summed E-state index contributed by atoms with van der Waals surface area (Å²) < 4.78 is 0. The molecule has 3 heteroatoms. The van der Waals surface area contributed by atoms with Gasteiger partial charge in [-0.2, -0.15) is 0 Å². The predicted molar refractivity (Wildman–Crippen MR) is 69.5 cm³/mol. The van der Waals surface area contributed by atoms with E-state index in [4.69, 9.17) is 0 Å². The molecule has 0 amide bonds. The Balaban J connectivity index is 2.08. The lowest BCUT2D eigenvalue weighted by molar-refractivity contribution is 0.583. The van der Waals surface area contributed by atoms with Crippen LogP contribution in [0.4, 0.5) is 0 Å². The molecule has 0 aliphatic heterocycles. The first-order valence-corrected chi connectivity index (χ1v) is 6.37. The zero-order chi connectivity index (χ0) is 11.4.